The van der Waals surface area contributed by atoms with Crippen molar-refractivity contribution in [1.29, 1.82) is 0 Å². The van der Waals surface area contributed by atoms with Crippen LogP contribution in [0.25, 0.3) is 0 Å². The minimum Gasteiger partial charge on any atom is -0.331 e. The summed E-state index contributed by atoms with van der Waals surface area (Å²) in [6.45, 7) is 5.95. The first-order valence-corrected chi connectivity index (χ1v) is 9.79. The van der Waals surface area contributed by atoms with E-state index in [1.54, 1.807) is 0 Å². The Hall–Kier alpha value is -2.36. The molecule has 0 spiro atoms. The van der Waals surface area contributed by atoms with Gasteiger partial charge in [-0.1, -0.05) is 24.3 Å². The van der Waals surface area contributed by atoms with E-state index in [4.69, 9.17) is 4.99 Å². The first-order valence-electron chi connectivity index (χ1n) is 9.79. The Morgan fingerprint density at radius 2 is 2.00 bits per heavy atom. The second kappa shape index (κ2) is 5.83. The first kappa shape index (κ1) is 15.9. The Bertz CT molecular complexity index is 862. The van der Waals surface area contributed by atoms with E-state index < -0.39 is 0 Å². The molecule has 1 aromatic carbocycles. The Morgan fingerprint density at radius 1 is 1.19 bits per heavy atom. The smallest absolute Gasteiger partial charge is 0.255 e. The summed E-state index contributed by atoms with van der Waals surface area (Å²) < 4.78 is 0. The number of nitrogens with zero attached hydrogens (tertiary/aromatic N) is 3. The maximum absolute atomic E-state index is 13.4. The lowest BCUT2D eigenvalue weighted by molar-refractivity contribution is -0.129. The SMILES string of the molecule is CC1CN=C2C(C3CC3)=CC(C(=O)N3CCc4ccccc4[C@H]3C)=CN21. The van der Waals surface area contributed by atoms with Crippen LogP contribution in [-0.4, -0.2) is 40.7 Å². The summed E-state index contributed by atoms with van der Waals surface area (Å²) in [4.78, 5) is 22.4. The monoisotopic (exact) mass is 347 g/mol. The van der Waals surface area contributed by atoms with Gasteiger partial charge in [0.1, 0.15) is 5.84 Å². The Morgan fingerprint density at radius 3 is 2.81 bits per heavy atom. The van der Waals surface area contributed by atoms with Gasteiger partial charge in [-0.2, -0.15) is 0 Å². The van der Waals surface area contributed by atoms with Crippen LogP contribution in [0.5, 0.6) is 0 Å². The molecule has 2 atom stereocenters. The molecule has 134 valence electrons. The van der Waals surface area contributed by atoms with E-state index in [1.807, 2.05) is 11.1 Å². The summed E-state index contributed by atoms with van der Waals surface area (Å²) >= 11 is 0. The minimum atomic E-state index is 0.122. The lowest BCUT2D eigenvalue weighted by atomic mass is 9.92. The van der Waals surface area contributed by atoms with Crippen LogP contribution in [0.4, 0.5) is 0 Å². The summed E-state index contributed by atoms with van der Waals surface area (Å²) in [7, 11) is 0. The van der Waals surface area contributed by atoms with Crippen LogP contribution >= 0.6 is 0 Å². The minimum absolute atomic E-state index is 0.122. The molecule has 0 saturated heterocycles. The second-order valence-electron chi connectivity index (χ2n) is 8.00. The summed E-state index contributed by atoms with van der Waals surface area (Å²) in [5.41, 5.74) is 4.77. The van der Waals surface area contributed by atoms with Gasteiger partial charge in [0.2, 0.25) is 0 Å². The fraction of sp³-hybridized carbons (Fsp3) is 0.455. The van der Waals surface area contributed by atoms with Gasteiger partial charge < -0.3 is 9.80 Å². The van der Waals surface area contributed by atoms with Gasteiger partial charge in [0.25, 0.3) is 5.91 Å². The zero-order valence-corrected chi connectivity index (χ0v) is 15.5. The van der Waals surface area contributed by atoms with Crippen LogP contribution in [0, 0.1) is 5.92 Å². The molecule has 3 heterocycles. The van der Waals surface area contributed by atoms with E-state index in [1.165, 1.54) is 29.5 Å². The van der Waals surface area contributed by atoms with Gasteiger partial charge in [-0.25, -0.2) is 0 Å². The van der Waals surface area contributed by atoms with Gasteiger partial charge in [-0.05, 0) is 61.8 Å². The predicted octanol–water partition coefficient (Wildman–Crippen LogP) is 3.47. The van der Waals surface area contributed by atoms with Gasteiger partial charge in [0, 0.05) is 12.7 Å². The lowest BCUT2D eigenvalue weighted by Crippen LogP contribution is -2.41. The molecule has 4 aliphatic rings. The van der Waals surface area contributed by atoms with Crippen molar-refractivity contribution in [3.8, 4) is 0 Å². The molecule has 1 unspecified atom stereocenters. The standard InChI is InChI=1S/C22H25N3O/c1-14-12-23-21-20(17-7-8-17)11-18(13-25(14)21)22(26)24-10-9-16-5-3-4-6-19(16)15(24)2/h3-6,11,13-15,17H,7-10,12H2,1-2H3/t14?,15-/m1/s1. The molecule has 1 fully saturated rings. The second-order valence-corrected chi connectivity index (χ2v) is 8.00. The van der Waals surface area contributed by atoms with Crippen molar-refractivity contribution in [1.82, 2.24) is 9.80 Å². The van der Waals surface area contributed by atoms with Crippen LogP contribution in [0.3, 0.4) is 0 Å². The molecule has 0 radical (unpaired) electrons. The Labute approximate surface area is 154 Å². The van der Waals surface area contributed by atoms with Crippen molar-refractivity contribution in [2.75, 3.05) is 13.1 Å². The molecule has 1 saturated carbocycles. The molecule has 1 aromatic rings. The summed E-state index contributed by atoms with van der Waals surface area (Å²) in [5, 5.41) is 0. The van der Waals surface area contributed by atoms with Crippen molar-refractivity contribution in [2.45, 2.75) is 45.2 Å². The highest BCUT2D eigenvalue weighted by Crippen LogP contribution is 2.41. The third-order valence-electron chi connectivity index (χ3n) is 6.19. The number of benzene rings is 1. The topological polar surface area (TPSA) is 35.9 Å². The summed E-state index contributed by atoms with van der Waals surface area (Å²) in [6.07, 6.45) is 7.55. The number of amides is 1. The summed E-state index contributed by atoms with van der Waals surface area (Å²) in [5.74, 6) is 1.86. The van der Waals surface area contributed by atoms with E-state index >= 15 is 0 Å². The normalized spacial score (nSPS) is 27.4. The van der Waals surface area contributed by atoms with Crippen molar-refractivity contribution in [3.63, 3.8) is 0 Å². The highest BCUT2D eigenvalue weighted by Gasteiger charge is 2.39. The fourth-order valence-electron chi connectivity index (χ4n) is 4.47. The lowest BCUT2D eigenvalue weighted by Gasteiger charge is -2.37. The third kappa shape index (κ3) is 2.43. The fourth-order valence-corrected chi connectivity index (χ4v) is 4.47. The third-order valence-corrected chi connectivity index (χ3v) is 6.19. The highest BCUT2D eigenvalue weighted by atomic mass is 16.2. The molecular formula is C22H25N3O. The number of carbonyl (C=O) groups is 1. The molecule has 4 heteroatoms. The molecule has 0 aromatic heterocycles. The quantitative estimate of drug-likeness (QED) is 0.821. The van der Waals surface area contributed by atoms with Crippen molar-refractivity contribution in [2.24, 2.45) is 10.9 Å². The molecule has 3 aliphatic heterocycles. The van der Waals surface area contributed by atoms with E-state index in [-0.39, 0.29) is 11.9 Å². The van der Waals surface area contributed by atoms with Gasteiger partial charge >= 0.3 is 0 Å². The molecule has 0 N–H and O–H groups in total. The van der Waals surface area contributed by atoms with Crippen LogP contribution in [0.1, 0.15) is 43.9 Å². The van der Waals surface area contributed by atoms with Gasteiger partial charge in [-0.15, -0.1) is 0 Å². The molecule has 1 aliphatic carbocycles. The Balaban J connectivity index is 1.47. The van der Waals surface area contributed by atoms with Crippen LogP contribution in [0.2, 0.25) is 0 Å². The van der Waals surface area contributed by atoms with Crippen molar-refractivity contribution >= 4 is 11.7 Å². The zero-order chi connectivity index (χ0) is 17.8. The number of hydrogen-bond donors (Lipinski definition) is 0. The van der Waals surface area contributed by atoms with Crippen molar-refractivity contribution in [3.05, 3.63) is 58.8 Å². The average molecular weight is 347 g/mol. The number of fused-ring (bicyclic) bond motifs is 2. The maximum atomic E-state index is 13.4. The number of aliphatic imine (C=N–C) groups is 1. The number of carbonyl (C=O) groups excluding carboxylic acids is 1. The number of rotatable bonds is 2. The van der Waals surface area contributed by atoms with Crippen molar-refractivity contribution < 1.29 is 4.79 Å². The van der Waals surface area contributed by atoms with Gasteiger partial charge in [0.15, 0.2) is 0 Å². The molecule has 0 bridgehead atoms. The highest BCUT2D eigenvalue weighted by molar-refractivity contribution is 6.07. The van der Waals surface area contributed by atoms with E-state index in [0.29, 0.717) is 12.0 Å². The van der Waals surface area contributed by atoms with E-state index in [9.17, 15) is 4.79 Å². The Kier molecular flexibility index (Phi) is 3.56. The van der Waals surface area contributed by atoms with E-state index in [2.05, 4.69) is 49.1 Å². The molecule has 5 rings (SSSR count). The predicted molar refractivity (Wildman–Crippen MR) is 103 cm³/mol. The van der Waals surface area contributed by atoms with E-state index in [0.717, 1.165) is 30.9 Å². The zero-order valence-electron chi connectivity index (χ0n) is 15.5. The van der Waals surface area contributed by atoms with Crippen LogP contribution < -0.4 is 0 Å². The average Bonchev–Trinajstić information content (AvgIpc) is 3.44. The molecule has 4 nitrogen and oxygen atoms in total. The first-order chi connectivity index (χ1) is 12.6. The molecule has 26 heavy (non-hydrogen) atoms. The largest absolute Gasteiger partial charge is 0.331 e. The van der Waals surface area contributed by atoms with Gasteiger partial charge in [0.05, 0.1) is 24.2 Å². The maximum Gasteiger partial charge on any atom is 0.255 e. The number of hydrogen-bond acceptors (Lipinski definition) is 3. The van der Waals surface area contributed by atoms with Crippen LogP contribution in [0.15, 0.2) is 52.7 Å². The number of amidine groups is 1. The summed E-state index contributed by atoms with van der Waals surface area (Å²) in [6, 6.07) is 8.98. The van der Waals surface area contributed by atoms with Crippen LogP contribution in [-0.2, 0) is 11.2 Å². The molecular weight excluding hydrogens is 322 g/mol. The molecule has 1 amide bonds. The van der Waals surface area contributed by atoms with Gasteiger partial charge in [-0.3, -0.25) is 9.79 Å².